The molecule has 0 radical (unpaired) electrons. The maximum absolute atomic E-state index is 12.5. The molecule has 2 aliphatic rings. The molecule has 0 spiro atoms. The van der Waals surface area contributed by atoms with Crippen LogP contribution >= 0.6 is 0 Å². The lowest BCUT2D eigenvalue weighted by Gasteiger charge is -2.38. The third-order valence-corrected chi connectivity index (χ3v) is 5.11. The number of carbonyl (C=O) groups is 2. The Morgan fingerprint density at radius 1 is 1.04 bits per heavy atom. The number of aryl methyl sites for hydroxylation is 1. The summed E-state index contributed by atoms with van der Waals surface area (Å²) in [7, 11) is 0. The Labute approximate surface area is 137 Å². The standard InChI is InChI=1S/C17H26N4O2/c1-13-15(5-6-18-13)17(23)21-11-9-19(10-12-21)14(2)16(22)20-7-3-4-8-20/h5-6,14,18H,3-4,7-12H2,1-2H3/t14-/m1/s1. The van der Waals surface area contributed by atoms with Gasteiger partial charge in [-0.3, -0.25) is 14.5 Å². The molecule has 3 rings (SSSR count). The average Bonchev–Trinajstić information content (AvgIpc) is 3.24. The second kappa shape index (κ2) is 6.74. The van der Waals surface area contributed by atoms with E-state index in [-0.39, 0.29) is 17.9 Å². The zero-order valence-electron chi connectivity index (χ0n) is 14.0. The number of hydrogen-bond acceptors (Lipinski definition) is 3. The summed E-state index contributed by atoms with van der Waals surface area (Å²) in [6, 6.07) is 1.75. The summed E-state index contributed by atoms with van der Waals surface area (Å²) < 4.78 is 0. The van der Waals surface area contributed by atoms with Crippen LogP contribution in [0.1, 0.15) is 35.8 Å². The van der Waals surface area contributed by atoms with E-state index in [4.69, 9.17) is 0 Å². The Balaban J connectivity index is 1.54. The first-order valence-electron chi connectivity index (χ1n) is 8.54. The van der Waals surface area contributed by atoms with Crippen LogP contribution in [-0.4, -0.2) is 76.8 Å². The van der Waals surface area contributed by atoms with Crippen molar-refractivity contribution in [1.29, 1.82) is 0 Å². The number of aromatic nitrogens is 1. The van der Waals surface area contributed by atoms with Crippen LogP contribution in [0, 0.1) is 6.92 Å². The molecule has 1 aromatic rings. The van der Waals surface area contributed by atoms with Gasteiger partial charge < -0.3 is 14.8 Å². The molecule has 2 amide bonds. The highest BCUT2D eigenvalue weighted by Gasteiger charge is 2.31. The molecule has 1 aromatic heterocycles. The second-order valence-corrected chi connectivity index (χ2v) is 6.55. The molecule has 0 unspecified atom stereocenters. The summed E-state index contributed by atoms with van der Waals surface area (Å²) in [6.45, 7) is 8.59. The Bertz CT molecular complexity index is 569. The molecule has 2 aliphatic heterocycles. The second-order valence-electron chi connectivity index (χ2n) is 6.55. The van der Waals surface area contributed by atoms with Gasteiger partial charge in [0.25, 0.3) is 5.91 Å². The summed E-state index contributed by atoms with van der Waals surface area (Å²) in [5.41, 5.74) is 1.66. The molecule has 6 nitrogen and oxygen atoms in total. The fourth-order valence-electron chi connectivity index (χ4n) is 3.53. The van der Waals surface area contributed by atoms with Crippen LogP contribution in [0.5, 0.6) is 0 Å². The summed E-state index contributed by atoms with van der Waals surface area (Å²) in [6.07, 6.45) is 4.04. The highest BCUT2D eigenvalue weighted by Crippen LogP contribution is 2.16. The molecule has 0 bridgehead atoms. The molecule has 1 atom stereocenters. The lowest BCUT2D eigenvalue weighted by atomic mass is 10.1. The van der Waals surface area contributed by atoms with Gasteiger partial charge in [-0.1, -0.05) is 0 Å². The van der Waals surface area contributed by atoms with Crippen LogP contribution < -0.4 is 0 Å². The predicted molar refractivity (Wildman–Crippen MR) is 88.3 cm³/mol. The maximum Gasteiger partial charge on any atom is 0.255 e. The highest BCUT2D eigenvalue weighted by molar-refractivity contribution is 5.95. The summed E-state index contributed by atoms with van der Waals surface area (Å²) in [4.78, 5) is 34.1. The van der Waals surface area contributed by atoms with Crippen molar-refractivity contribution >= 4 is 11.8 Å². The fraction of sp³-hybridized carbons (Fsp3) is 0.647. The van der Waals surface area contributed by atoms with Crippen LogP contribution in [0.25, 0.3) is 0 Å². The minimum atomic E-state index is -0.0839. The van der Waals surface area contributed by atoms with E-state index in [0.29, 0.717) is 13.1 Å². The molecule has 0 aromatic carbocycles. The van der Waals surface area contributed by atoms with Gasteiger partial charge in [0.05, 0.1) is 11.6 Å². The molecule has 2 fully saturated rings. The van der Waals surface area contributed by atoms with Gasteiger partial charge in [0, 0.05) is 51.2 Å². The number of likely N-dealkylation sites (tertiary alicyclic amines) is 1. The molecule has 0 aliphatic carbocycles. The first-order chi connectivity index (χ1) is 11.1. The Hall–Kier alpha value is -1.82. The average molecular weight is 318 g/mol. The topological polar surface area (TPSA) is 59.7 Å². The molecule has 6 heteroatoms. The third-order valence-electron chi connectivity index (χ3n) is 5.11. The first-order valence-corrected chi connectivity index (χ1v) is 8.54. The Morgan fingerprint density at radius 2 is 1.70 bits per heavy atom. The van der Waals surface area contributed by atoms with Crippen molar-refractivity contribution in [1.82, 2.24) is 19.7 Å². The number of nitrogens with zero attached hydrogens (tertiary/aromatic N) is 3. The molecule has 0 saturated carbocycles. The van der Waals surface area contributed by atoms with Gasteiger partial charge in [0.2, 0.25) is 5.91 Å². The number of nitrogens with one attached hydrogen (secondary N) is 1. The van der Waals surface area contributed by atoms with Crippen LogP contribution in [0.3, 0.4) is 0 Å². The van der Waals surface area contributed by atoms with Crippen molar-refractivity contribution in [2.45, 2.75) is 32.7 Å². The fourth-order valence-corrected chi connectivity index (χ4v) is 3.53. The van der Waals surface area contributed by atoms with Crippen molar-refractivity contribution < 1.29 is 9.59 Å². The number of hydrogen-bond donors (Lipinski definition) is 1. The molecule has 126 valence electrons. The van der Waals surface area contributed by atoms with Crippen molar-refractivity contribution in [2.75, 3.05) is 39.3 Å². The molecule has 2 saturated heterocycles. The Kier molecular flexibility index (Phi) is 4.71. The van der Waals surface area contributed by atoms with E-state index in [0.717, 1.165) is 50.3 Å². The minimum Gasteiger partial charge on any atom is -0.365 e. The number of carbonyl (C=O) groups excluding carboxylic acids is 2. The number of rotatable bonds is 3. The summed E-state index contributed by atoms with van der Waals surface area (Å²) in [5.74, 6) is 0.325. The quantitative estimate of drug-likeness (QED) is 0.908. The first kappa shape index (κ1) is 16.1. The molecular weight excluding hydrogens is 292 g/mol. The zero-order chi connectivity index (χ0) is 16.4. The van der Waals surface area contributed by atoms with E-state index in [1.54, 1.807) is 6.20 Å². The van der Waals surface area contributed by atoms with Gasteiger partial charge >= 0.3 is 0 Å². The van der Waals surface area contributed by atoms with Gasteiger partial charge in [0.15, 0.2) is 0 Å². The summed E-state index contributed by atoms with van der Waals surface area (Å²) in [5, 5.41) is 0. The van der Waals surface area contributed by atoms with Crippen molar-refractivity contribution in [3.8, 4) is 0 Å². The van der Waals surface area contributed by atoms with E-state index in [1.807, 2.05) is 29.7 Å². The maximum atomic E-state index is 12.5. The van der Waals surface area contributed by atoms with Gasteiger partial charge in [-0.05, 0) is 32.8 Å². The summed E-state index contributed by atoms with van der Waals surface area (Å²) >= 11 is 0. The number of amides is 2. The minimum absolute atomic E-state index is 0.0839. The normalized spacial score (nSPS) is 20.8. The van der Waals surface area contributed by atoms with Crippen LogP contribution in [0.15, 0.2) is 12.3 Å². The van der Waals surface area contributed by atoms with Gasteiger partial charge in [-0.15, -0.1) is 0 Å². The molecule has 3 heterocycles. The largest absolute Gasteiger partial charge is 0.365 e. The van der Waals surface area contributed by atoms with Crippen LogP contribution in [-0.2, 0) is 4.79 Å². The molecular formula is C17H26N4O2. The van der Waals surface area contributed by atoms with Gasteiger partial charge in [0.1, 0.15) is 0 Å². The van der Waals surface area contributed by atoms with Crippen molar-refractivity contribution in [3.05, 3.63) is 23.5 Å². The SMILES string of the molecule is Cc1[nH]ccc1C(=O)N1CCN([C@H](C)C(=O)N2CCCC2)CC1. The van der Waals surface area contributed by atoms with Crippen molar-refractivity contribution in [3.63, 3.8) is 0 Å². The molecule has 1 N–H and O–H groups in total. The highest BCUT2D eigenvalue weighted by atomic mass is 16.2. The van der Waals surface area contributed by atoms with E-state index in [1.165, 1.54) is 0 Å². The van der Waals surface area contributed by atoms with E-state index in [9.17, 15) is 9.59 Å². The van der Waals surface area contributed by atoms with E-state index >= 15 is 0 Å². The Morgan fingerprint density at radius 3 is 2.26 bits per heavy atom. The number of H-pyrrole nitrogens is 1. The number of piperazine rings is 1. The predicted octanol–water partition coefficient (Wildman–Crippen LogP) is 1.09. The van der Waals surface area contributed by atoms with Gasteiger partial charge in [-0.25, -0.2) is 0 Å². The monoisotopic (exact) mass is 318 g/mol. The number of aromatic amines is 1. The van der Waals surface area contributed by atoms with Crippen LogP contribution in [0.2, 0.25) is 0 Å². The third kappa shape index (κ3) is 3.27. The lowest BCUT2D eigenvalue weighted by Crippen LogP contribution is -2.55. The van der Waals surface area contributed by atoms with E-state index < -0.39 is 0 Å². The zero-order valence-corrected chi connectivity index (χ0v) is 14.0. The smallest absolute Gasteiger partial charge is 0.255 e. The van der Waals surface area contributed by atoms with Gasteiger partial charge in [-0.2, -0.15) is 0 Å². The van der Waals surface area contributed by atoms with E-state index in [2.05, 4.69) is 9.88 Å². The van der Waals surface area contributed by atoms with Crippen molar-refractivity contribution in [2.24, 2.45) is 0 Å². The molecule has 23 heavy (non-hydrogen) atoms. The lowest BCUT2D eigenvalue weighted by molar-refractivity contribution is -0.135. The van der Waals surface area contributed by atoms with Crippen LogP contribution in [0.4, 0.5) is 0 Å².